The van der Waals surface area contributed by atoms with Gasteiger partial charge < -0.3 is 14.8 Å². The quantitative estimate of drug-likeness (QED) is 0.755. The lowest BCUT2D eigenvalue weighted by Crippen LogP contribution is -2.35. The summed E-state index contributed by atoms with van der Waals surface area (Å²) in [6.07, 6.45) is 7.17. The number of rotatable bonds is 4. The molecule has 1 saturated heterocycles. The fourth-order valence-electron chi connectivity index (χ4n) is 5.08. The zero-order valence-corrected chi connectivity index (χ0v) is 17.6. The van der Waals surface area contributed by atoms with Gasteiger partial charge in [-0.15, -0.1) is 0 Å². The number of nitrogens with zero attached hydrogens (tertiary/aromatic N) is 3. The maximum Gasteiger partial charge on any atom is 0.170 e. The number of nitrogens with one attached hydrogen (secondary N) is 1. The van der Waals surface area contributed by atoms with Crippen LogP contribution in [0.4, 0.5) is 0 Å². The molecule has 2 atom stereocenters. The first-order valence-electron chi connectivity index (χ1n) is 10.2. The monoisotopic (exact) mass is 382 g/mol. The first-order valence-corrected chi connectivity index (χ1v) is 10.6. The van der Waals surface area contributed by atoms with Crippen LogP contribution in [-0.4, -0.2) is 25.6 Å². The Kier molecular flexibility index (Phi) is 4.97. The normalized spacial score (nSPS) is 23.4. The van der Waals surface area contributed by atoms with Crippen molar-refractivity contribution in [1.29, 1.82) is 0 Å². The number of aromatic nitrogens is 2. The Morgan fingerprint density at radius 1 is 1.19 bits per heavy atom. The van der Waals surface area contributed by atoms with E-state index in [1.165, 1.54) is 42.6 Å². The Labute approximate surface area is 168 Å². The summed E-state index contributed by atoms with van der Waals surface area (Å²) in [5.41, 5.74) is 5.20. The Morgan fingerprint density at radius 3 is 2.56 bits per heavy atom. The van der Waals surface area contributed by atoms with Gasteiger partial charge in [-0.05, 0) is 76.5 Å². The smallest absolute Gasteiger partial charge is 0.170 e. The van der Waals surface area contributed by atoms with Gasteiger partial charge in [0.2, 0.25) is 0 Å². The van der Waals surface area contributed by atoms with Crippen molar-refractivity contribution in [2.75, 3.05) is 0 Å². The lowest BCUT2D eigenvalue weighted by Gasteiger charge is -2.31. The van der Waals surface area contributed by atoms with Gasteiger partial charge in [0.15, 0.2) is 5.11 Å². The van der Waals surface area contributed by atoms with E-state index in [2.05, 4.69) is 65.7 Å². The molecule has 27 heavy (non-hydrogen) atoms. The third kappa shape index (κ3) is 3.16. The van der Waals surface area contributed by atoms with Crippen LogP contribution in [0.5, 0.6) is 0 Å². The summed E-state index contributed by atoms with van der Waals surface area (Å²) in [7, 11) is 0. The maximum atomic E-state index is 5.74. The van der Waals surface area contributed by atoms with Gasteiger partial charge in [0.1, 0.15) is 0 Å². The second-order valence-corrected chi connectivity index (χ2v) is 8.65. The molecule has 2 aliphatic rings. The highest BCUT2D eigenvalue weighted by atomic mass is 32.1. The van der Waals surface area contributed by atoms with Crippen molar-refractivity contribution in [3.8, 4) is 0 Å². The molecule has 5 heteroatoms. The number of thiocarbonyl (C=S) groups is 1. The summed E-state index contributed by atoms with van der Waals surface area (Å²) in [5, 5.41) is 4.39. The highest BCUT2D eigenvalue weighted by Gasteiger charge is 2.42. The SMILES string of the molecule is Cc1cc(C2C(c3ccccn3)NC(=S)N2C(C)C)c(C)n1C1CCCC1. The summed E-state index contributed by atoms with van der Waals surface area (Å²) in [4.78, 5) is 7.00. The fourth-order valence-corrected chi connectivity index (χ4v) is 5.53. The molecule has 2 aromatic heterocycles. The zero-order chi connectivity index (χ0) is 19.1. The first kappa shape index (κ1) is 18.5. The van der Waals surface area contributed by atoms with Crippen LogP contribution in [0.3, 0.4) is 0 Å². The lowest BCUT2D eigenvalue weighted by atomic mass is 9.96. The van der Waals surface area contributed by atoms with Crippen molar-refractivity contribution in [3.05, 3.63) is 53.1 Å². The van der Waals surface area contributed by atoms with Crippen LogP contribution in [-0.2, 0) is 0 Å². The molecule has 0 spiro atoms. The van der Waals surface area contributed by atoms with Crippen molar-refractivity contribution in [3.63, 3.8) is 0 Å². The van der Waals surface area contributed by atoms with E-state index < -0.39 is 0 Å². The van der Waals surface area contributed by atoms with E-state index in [0.717, 1.165) is 10.8 Å². The molecule has 2 unspecified atom stereocenters. The van der Waals surface area contributed by atoms with E-state index in [9.17, 15) is 0 Å². The summed E-state index contributed by atoms with van der Waals surface area (Å²) >= 11 is 5.74. The van der Waals surface area contributed by atoms with E-state index in [-0.39, 0.29) is 12.1 Å². The Balaban J connectivity index is 1.80. The standard InChI is InChI=1S/C22H30N4S/c1-14(2)25-21(20(24-22(25)27)19-11-7-8-12-23-19)18-13-15(3)26(16(18)4)17-9-5-6-10-17/h7-8,11-14,17,20-21H,5-6,9-10H2,1-4H3,(H,24,27). The molecule has 4 nitrogen and oxygen atoms in total. The first-order chi connectivity index (χ1) is 13.0. The Morgan fingerprint density at radius 2 is 1.93 bits per heavy atom. The van der Waals surface area contributed by atoms with Crippen LogP contribution in [0, 0.1) is 13.8 Å². The van der Waals surface area contributed by atoms with Gasteiger partial charge in [-0.2, -0.15) is 0 Å². The van der Waals surface area contributed by atoms with Gasteiger partial charge >= 0.3 is 0 Å². The molecule has 0 amide bonds. The topological polar surface area (TPSA) is 33.1 Å². The maximum absolute atomic E-state index is 5.74. The van der Waals surface area contributed by atoms with Crippen LogP contribution in [0.2, 0.25) is 0 Å². The summed E-state index contributed by atoms with van der Waals surface area (Å²) in [6, 6.07) is 9.76. The van der Waals surface area contributed by atoms with Gasteiger partial charge in [0, 0.05) is 29.7 Å². The van der Waals surface area contributed by atoms with Gasteiger partial charge in [0.25, 0.3) is 0 Å². The second-order valence-electron chi connectivity index (χ2n) is 8.26. The Bertz CT molecular complexity index is 820. The lowest BCUT2D eigenvalue weighted by molar-refractivity contribution is 0.268. The minimum absolute atomic E-state index is 0.0821. The minimum Gasteiger partial charge on any atom is -0.352 e. The average molecular weight is 383 g/mol. The largest absolute Gasteiger partial charge is 0.352 e. The van der Waals surface area contributed by atoms with E-state index in [1.54, 1.807) is 0 Å². The van der Waals surface area contributed by atoms with E-state index in [4.69, 9.17) is 12.2 Å². The third-order valence-corrected chi connectivity index (χ3v) is 6.55. The fraction of sp³-hybridized carbons (Fsp3) is 0.545. The van der Waals surface area contributed by atoms with Gasteiger partial charge in [-0.1, -0.05) is 18.9 Å². The van der Waals surface area contributed by atoms with Crippen LogP contribution in [0.1, 0.15) is 80.3 Å². The molecule has 1 aliphatic carbocycles. The minimum atomic E-state index is 0.0821. The van der Waals surface area contributed by atoms with Crippen LogP contribution >= 0.6 is 12.2 Å². The third-order valence-electron chi connectivity index (χ3n) is 6.22. The van der Waals surface area contributed by atoms with Gasteiger partial charge in [-0.25, -0.2) is 0 Å². The molecule has 3 heterocycles. The summed E-state index contributed by atoms with van der Waals surface area (Å²) in [5.74, 6) is 0. The number of aryl methyl sites for hydroxylation is 1. The molecule has 4 rings (SSSR count). The molecule has 144 valence electrons. The van der Waals surface area contributed by atoms with E-state index in [0.29, 0.717) is 12.1 Å². The summed E-state index contributed by atoms with van der Waals surface area (Å²) in [6.45, 7) is 8.98. The number of pyridine rings is 1. The molecular formula is C22H30N4S. The van der Waals surface area contributed by atoms with Crippen LogP contribution < -0.4 is 5.32 Å². The molecule has 1 N–H and O–H groups in total. The molecule has 0 bridgehead atoms. The van der Waals surface area contributed by atoms with Crippen molar-refractivity contribution in [1.82, 2.24) is 19.8 Å². The van der Waals surface area contributed by atoms with Crippen molar-refractivity contribution in [2.24, 2.45) is 0 Å². The zero-order valence-electron chi connectivity index (χ0n) is 16.8. The summed E-state index contributed by atoms with van der Waals surface area (Å²) < 4.78 is 2.58. The highest BCUT2D eigenvalue weighted by molar-refractivity contribution is 7.80. The van der Waals surface area contributed by atoms with E-state index in [1.807, 2.05) is 12.3 Å². The van der Waals surface area contributed by atoms with E-state index >= 15 is 0 Å². The molecule has 2 fully saturated rings. The molecule has 2 aromatic rings. The predicted molar refractivity (Wildman–Crippen MR) is 114 cm³/mol. The van der Waals surface area contributed by atoms with Gasteiger partial charge in [0.05, 0.1) is 17.8 Å². The number of hydrogen-bond acceptors (Lipinski definition) is 2. The van der Waals surface area contributed by atoms with Crippen molar-refractivity contribution < 1.29 is 0 Å². The van der Waals surface area contributed by atoms with Crippen LogP contribution in [0.25, 0.3) is 0 Å². The van der Waals surface area contributed by atoms with Crippen molar-refractivity contribution >= 4 is 17.3 Å². The molecule has 1 aliphatic heterocycles. The Hall–Kier alpha value is -1.88. The molecular weight excluding hydrogens is 352 g/mol. The molecule has 1 saturated carbocycles. The molecule has 0 radical (unpaired) electrons. The van der Waals surface area contributed by atoms with Gasteiger partial charge in [-0.3, -0.25) is 4.98 Å². The molecule has 0 aromatic carbocycles. The van der Waals surface area contributed by atoms with Crippen molar-refractivity contribution in [2.45, 2.75) is 77.5 Å². The highest BCUT2D eigenvalue weighted by Crippen LogP contribution is 2.43. The average Bonchev–Trinajstić information content (AvgIpc) is 3.34. The number of hydrogen-bond donors (Lipinski definition) is 1. The predicted octanol–water partition coefficient (Wildman–Crippen LogP) is 5.00. The van der Waals surface area contributed by atoms with Crippen LogP contribution in [0.15, 0.2) is 30.5 Å². The second kappa shape index (κ2) is 7.27.